The molecule has 0 N–H and O–H groups in total. The normalized spacial score (nSPS) is 12.1. The van der Waals surface area contributed by atoms with Crippen molar-refractivity contribution in [1.29, 1.82) is 0 Å². The summed E-state index contributed by atoms with van der Waals surface area (Å²) in [5.74, 6) is -0.249. The van der Waals surface area contributed by atoms with Crippen LogP contribution in [0.25, 0.3) is 11.1 Å². The number of hydrogen-bond donors (Lipinski definition) is 0. The third kappa shape index (κ3) is 1.88. The summed E-state index contributed by atoms with van der Waals surface area (Å²) in [5.41, 5.74) is 1.62. The van der Waals surface area contributed by atoms with Crippen LogP contribution < -0.4 is 0 Å². The van der Waals surface area contributed by atoms with E-state index in [0.717, 1.165) is 0 Å². The molecule has 1 aromatic carbocycles. The van der Waals surface area contributed by atoms with E-state index in [-0.39, 0.29) is 5.75 Å². The number of aromatic nitrogens is 1. The molecule has 1 aromatic heterocycles. The summed E-state index contributed by atoms with van der Waals surface area (Å²) in [5, 5.41) is 0. The maximum atomic E-state index is 10.9. The maximum absolute atomic E-state index is 10.9. The maximum Gasteiger partial charge on any atom is 0.236 e. The minimum Gasteiger partial charge on any atom is -0.443 e. The van der Waals surface area contributed by atoms with Gasteiger partial charge in [-0.1, -0.05) is 12.1 Å². The van der Waals surface area contributed by atoms with E-state index in [0.29, 0.717) is 16.7 Å². The molecular weight excluding hydrogens is 226 g/mol. The Labute approximate surface area is 84.9 Å². The van der Waals surface area contributed by atoms with Crippen molar-refractivity contribution in [2.75, 3.05) is 0 Å². The van der Waals surface area contributed by atoms with Crippen molar-refractivity contribution in [1.82, 2.24) is 4.98 Å². The van der Waals surface area contributed by atoms with Crippen molar-refractivity contribution in [2.24, 2.45) is 0 Å². The van der Waals surface area contributed by atoms with Crippen LogP contribution in [0.3, 0.4) is 0 Å². The first-order valence-electron chi connectivity index (χ1n) is 3.80. The first-order chi connectivity index (χ1) is 6.56. The quantitative estimate of drug-likeness (QED) is 0.741. The molecule has 1 heterocycles. The second-order valence-corrected chi connectivity index (χ2v) is 5.58. The van der Waals surface area contributed by atoms with E-state index >= 15 is 0 Å². The smallest absolute Gasteiger partial charge is 0.236 e. The molecule has 0 aliphatic carbocycles. The highest BCUT2D eigenvalue weighted by atomic mass is 35.7. The number of hydrogen-bond acceptors (Lipinski definition) is 4. The average molecular weight is 232 g/mol. The fourth-order valence-corrected chi connectivity index (χ4v) is 2.20. The summed E-state index contributed by atoms with van der Waals surface area (Å²) in [6.07, 6.45) is 1.27. The SMILES string of the molecule is O=S(=O)(Cl)Cc1cccc2ncoc12. The van der Waals surface area contributed by atoms with Gasteiger partial charge in [-0.25, -0.2) is 13.4 Å². The van der Waals surface area contributed by atoms with Gasteiger partial charge in [0, 0.05) is 16.2 Å². The van der Waals surface area contributed by atoms with E-state index in [1.54, 1.807) is 18.2 Å². The second kappa shape index (κ2) is 3.25. The lowest BCUT2D eigenvalue weighted by molar-refractivity contribution is 0.595. The van der Waals surface area contributed by atoms with Crippen LogP contribution in [0.1, 0.15) is 5.56 Å². The van der Waals surface area contributed by atoms with Crippen molar-refractivity contribution in [2.45, 2.75) is 5.75 Å². The van der Waals surface area contributed by atoms with Crippen LogP contribution in [0.15, 0.2) is 29.0 Å². The standard InChI is InChI=1S/C8H6ClNO3S/c9-14(11,12)4-6-2-1-3-7-8(6)13-5-10-7/h1-3,5H,4H2. The molecule has 0 radical (unpaired) electrons. The van der Waals surface area contributed by atoms with Crippen LogP contribution in [0.2, 0.25) is 0 Å². The van der Waals surface area contributed by atoms with Gasteiger partial charge in [0.15, 0.2) is 12.0 Å². The van der Waals surface area contributed by atoms with Crippen molar-refractivity contribution in [3.8, 4) is 0 Å². The van der Waals surface area contributed by atoms with E-state index in [1.807, 2.05) is 0 Å². The number of fused-ring (bicyclic) bond motifs is 1. The zero-order chi connectivity index (χ0) is 10.2. The number of rotatable bonds is 2. The van der Waals surface area contributed by atoms with Gasteiger partial charge in [0.25, 0.3) is 0 Å². The van der Waals surface area contributed by atoms with Gasteiger partial charge >= 0.3 is 0 Å². The van der Waals surface area contributed by atoms with Crippen LogP contribution in [0.5, 0.6) is 0 Å². The van der Waals surface area contributed by atoms with Gasteiger partial charge in [-0.05, 0) is 6.07 Å². The van der Waals surface area contributed by atoms with Gasteiger partial charge in [-0.15, -0.1) is 0 Å². The molecule has 6 heteroatoms. The van der Waals surface area contributed by atoms with Crippen LogP contribution >= 0.6 is 10.7 Å². The van der Waals surface area contributed by atoms with E-state index < -0.39 is 9.05 Å². The third-order valence-corrected chi connectivity index (χ3v) is 2.75. The Kier molecular flexibility index (Phi) is 2.20. The van der Waals surface area contributed by atoms with Gasteiger partial charge in [0.2, 0.25) is 9.05 Å². The number of nitrogens with zero attached hydrogens (tertiary/aromatic N) is 1. The third-order valence-electron chi connectivity index (χ3n) is 1.77. The van der Waals surface area contributed by atoms with Gasteiger partial charge in [-0.3, -0.25) is 0 Å². The molecule has 0 unspecified atom stereocenters. The van der Waals surface area contributed by atoms with E-state index in [2.05, 4.69) is 4.98 Å². The molecule has 0 amide bonds. The summed E-state index contributed by atoms with van der Waals surface area (Å²) in [6, 6.07) is 5.10. The highest BCUT2D eigenvalue weighted by Gasteiger charge is 2.12. The minimum atomic E-state index is -3.56. The first-order valence-corrected chi connectivity index (χ1v) is 6.27. The largest absolute Gasteiger partial charge is 0.443 e. The predicted octanol–water partition coefficient (Wildman–Crippen LogP) is 1.90. The molecule has 74 valence electrons. The first kappa shape index (κ1) is 9.48. The number of para-hydroxylation sites is 1. The zero-order valence-electron chi connectivity index (χ0n) is 6.97. The Bertz CT molecular complexity index is 561. The van der Waals surface area contributed by atoms with Crippen molar-refractivity contribution in [3.05, 3.63) is 30.2 Å². The monoisotopic (exact) mass is 231 g/mol. The molecule has 2 rings (SSSR count). The van der Waals surface area contributed by atoms with Crippen LogP contribution in [0.4, 0.5) is 0 Å². The molecule has 0 bridgehead atoms. The Morgan fingerprint density at radius 3 is 2.93 bits per heavy atom. The summed E-state index contributed by atoms with van der Waals surface area (Å²) in [6.45, 7) is 0. The van der Waals surface area contributed by atoms with Crippen molar-refractivity contribution < 1.29 is 12.8 Å². The fraction of sp³-hybridized carbons (Fsp3) is 0.125. The van der Waals surface area contributed by atoms with Crippen molar-refractivity contribution >= 4 is 30.8 Å². The van der Waals surface area contributed by atoms with E-state index in [4.69, 9.17) is 15.1 Å². The zero-order valence-corrected chi connectivity index (χ0v) is 8.55. The van der Waals surface area contributed by atoms with Gasteiger partial charge < -0.3 is 4.42 Å². The summed E-state index contributed by atoms with van der Waals surface area (Å²) < 4.78 is 26.8. The van der Waals surface area contributed by atoms with E-state index in [1.165, 1.54) is 6.39 Å². The molecule has 0 saturated carbocycles. The topological polar surface area (TPSA) is 60.2 Å². The Morgan fingerprint density at radius 2 is 2.21 bits per heavy atom. The van der Waals surface area contributed by atoms with Gasteiger partial charge in [0.05, 0.1) is 5.75 Å². The summed E-state index contributed by atoms with van der Waals surface area (Å²) >= 11 is 0. The molecule has 0 aliphatic rings. The Morgan fingerprint density at radius 1 is 1.43 bits per heavy atom. The predicted molar refractivity (Wildman–Crippen MR) is 52.5 cm³/mol. The second-order valence-electron chi connectivity index (χ2n) is 2.80. The molecular formula is C8H6ClNO3S. The molecule has 2 aromatic rings. The van der Waals surface area contributed by atoms with Gasteiger partial charge in [0.1, 0.15) is 5.52 Å². The Hall–Kier alpha value is -1.07. The molecule has 0 spiro atoms. The van der Waals surface area contributed by atoms with Crippen LogP contribution in [-0.4, -0.2) is 13.4 Å². The summed E-state index contributed by atoms with van der Waals surface area (Å²) in [4.78, 5) is 3.90. The highest BCUT2D eigenvalue weighted by molar-refractivity contribution is 8.13. The fourth-order valence-electron chi connectivity index (χ4n) is 1.24. The van der Waals surface area contributed by atoms with Crippen LogP contribution in [0, 0.1) is 0 Å². The molecule has 14 heavy (non-hydrogen) atoms. The lowest BCUT2D eigenvalue weighted by atomic mass is 10.2. The molecule has 0 aliphatic heterocycles. The lowest BCUT2D eigenvalue weighted by Gasteiger charge is -1.97. The number of oxazole rings is 1. The van der Waals surface area contributed by atoms with Gasteiger partial charge in [-0.2, -0.15) is 0 Å². The van der Waals surface area contributed by atoms with E-state index in [9.17, 15) is 8.42 Å². The molecule has 0 atom stereocenters. The number of halogens is 1. The number of benzene rings is 1. The molecule has 0 fully saturated rings. The van der Waals surface area contributed by atoms with Crippen molar-refractivity contribution in [3.63, 3.8) is 0 Å². The molecule has 0 saturated heterocycles. The average Bonchev–Trinajstić information content (AvgIpc) is 2.49. The highest BCUT2D eigenvalue weighted by Crippen LogP contribution is 2.20. The van der Waals surface area contributed by atoms with Crippen LogP contribution in [-0.2, 0) is 14.8 Å². The Balaban J connectivity index is 2.57. The summed E-state index contributed by atoms with van der Waals surface area (Å²) in [7, 11) is 1.58. The lowest BCUT2D eigenvalue weighted by Crippen LogP contribution is -1.95. The minimum absolute atomic E-state index is 0.249. The molecule has 4 nitrogen and oxygen atoms in total.